The van der Waals surface area contributed by atoms with Crippen LogP contribution in [0.2, 0.25) is 0 Å². The van der Waals surface area contributed by atoms with Gasteiger partial charge in [0, 0.05) is 6.20 Å². The van der Waals surface area contributed by atoms with Crippen molar-refractivity contribution in [2.45, 2.75) is 6.61 Å². The molecule has 1 aromatic heterocycles. The van der Waals surface area contributed by atoms with Gasteiger partial charge in [0.25, 0.3) is 0 Å². The molecule has 0 unspecified atom stereocenters. The van der Waals surface area contributed by atoms with E-state index in [2.05, 4.69) is 9.97 Å². The number of ether oxygens (including phenoxy) is 2. The molecule has 5 nitrogen and oxygen atoms in total. The van der Waals surface area contributed by atoms with Crippen molar-refractivity contribution < 1.29 is 14.6 Å². The molecule has 0 fully saturated rings. The number of aromatic nitrogens is 2. The molecule has 2 heterocycles. The second-order valence-corrected chi connectivity index (χ2v) is 3.10. The Hall–Kier alpha value is -1.46. The van der Waals surface area contributed by atoms with E-state index in [4.69, 9.17) is 14.6 Å². The molecule has 1 aliphatic rings. The summed E-state index contributed by atoms with van der Waals surface area (Å²) in [5, 5.41) is 8.94. The van der Waals surface area contributed by atoms with E-state index in [1.807, 2.05) is 0 Å². The lowest BCUT2D eigenvalue weighted by atomic mass is 10.3. The highest BCUT2D eigenvalue weighted by Gasteiger charge is 2.09. The third-order valence-electron chi connectivity index (χ3n) is 1.99. The second-order valence-electron chi connectivity index (χ2n) is 3.10. The number of hydrogen-bond acceptors (Lipinski definition) is 5. The monoisotopic (exact) mass is 208 g/mol. The van der Waals surface area contributed by atoms with E-state index in [1.165, 1.54) is 0 Å². The standard InChI is InChI=1S/C10H12N2O3/c13-5-9-1-2-11-10(12-9)8-6-14-3-4-15-7-8/h1-2,6,13H,3-5,7H2. The Morgan fingerprint density at radius 1 is 1.40 bits per heavy atom. The first kappa shape index (κ1) is 10.1. The minimum Gasteiger partial charge on any atom is -0.498 e. The van der Waals surface area contributed by atoms with E-state index in [9.17, 15) is 0 Å². The van der Waals surface area contributed by atoms with Gasteiger partial charge in [-0.25, -0.2) is 9.97 Å². The van der Waals surface area contributed by atoms with Crippen molar-refractivity contribution in [3.63, 3.8) is 0 Å². The van der Waals surface area contributed by atoms with E-state index in [-0.39, 0.29) is 6.61 Å². The van der Waals surface area contributed by atoms with Crippen molar-refractivity contribution >= 4 is 5.57 Å². The highest BCUT2D eigenvalue weighted by atomic mass is 16.5. The van der Waals surface area contributed by atoms with Gasteiger partial charge in [-0.1, -0.05) is 0 Å². The van der Waals surface area contributed by atoms with Crippen LogP contribution in [0.4, 0.5) is 0 Å². The van der Waals surface area contributed by atoms with Crippen LogP contribution < -0.4 is 0 Å². The summed E-state index contributed by atoms with van der Waals surface area (Å²) in [6.07, 6.45) is 3.23. The normalized spacial score (nSPS) is 16.5. The molecule has 1 aromatic rings. The number of nitrogens with zero attached hydrogens (tertiary/aromatic N) is 2. The fourth-order valence-electron chi connectivity index (χ4n) is 1.24. The third kappa shape index (κ3) is 2.51. The van der Waals surface area contributed by atoms with Crippen molar-refractivity contribution in [3.05, 3.63) is 30.0 Å². The first-order chi connectivity index (χ1) is 7.40. The molecule has 0 bridgehead atoms. The highest BCUT2D eigenvalue weighted by Crippen LogP contribution is 2.12. The largest absolute Gasteiger partial charge is 0.498 e. The lowest BCUT2D eigenvalue weighted by Crippen LogP contribution is -2.03. The van der Waals surface area contributed by atoms with Crippen LogP contribution in [-0.4, -0.2) is 34.9 Å². The Morgan fingerprint density at radius 2 is 2.33 bits per heavy atom. The van der Waals surface area contributed by atoms with Gasteiger partial charge in [0.05, 0.1) is 37.3 Å². The molecule has 0 aliphatic carbocycles. The van der Waals surface area contributed by atoms with E-state index in [0.717, 1.165) is 5.57 Å². The van der Waals surface area contributed by atoms with Crippen molar-refractivity contribution in [2.75, 3.05) is 19.8 Å². The van der Waals surface area contributed by atoms with Crippen LogP contribution in [-0.2, 0) is 16.1 Å². The maximum Gasteiger partial charge on any atom is 0.160 e. The first-order valence-electron chi connectivity index (χ1n) is 4.71. The van der Waals surface area contributed by atoms with Gasteiger partial charge in [-0.05, 0) is 6.07 Å². The molecule has 0 atom stereocenters. The molecule has 0 saturated heterocycles. The summed E-state index contributed by atoms with van der Waals surface area (Å²) in [7, 11) is 0. The highest BCUT2D eigenvalue weighted by molar-refractivity contribution is 5.59. The van der Waals surface area contributed by atoms with Crippen molar-refractivity contribution in [1.29, 1.82) is 0 Å². The first-order valence-corrected chi connectivity index (χ1v) is 4.71. The minimum atomic E-state index is -0.0927. The van der Waals surface area contributed by atoms with Crippen molar-refractivity contribution in [2.24, 2.45) is 0 Å². The van der Waals surface area contributed by atoms with Crippen LogP contribution in [0.25, 0.3) is 5.57 Å². The van der Waals surface area contributed by atoms with Gasteiger partial charge in [0.1, 0.15) is 6.61 Å². The van der Waals surface area contributed by atoms with Gasteiger partial charge in [-0.3, -0.25) is 0 Å². The predicted molar refractivity (Wildman–Crippen MR) is 52.7 cm³/mol. The molecule has 1 aliphatic heterocycles. The third-order valence-corrected chi connectivity index (χ3v) is 1.99. The lowest BCUT2D eigenvalue weighted by molar-refractivity contribution is 0.120. The van der Waals surface area contributed by atoms with Crippen molar-refractivity contribution in [1.82, 2.24) is 9.97 Å². The number of hydrogen-bond donors (Lipinski definition) is 1. The zero-order valence-electron chi connectivity index (χ0n) is 8.22. The Bertz CT molecular complexity index is 365. The predicted octanol–water partition coefficient (Wildman–Crippen LogP) is 0.357. The molecule has 0 saturated carbocycles. The minimum absolute atomic E-state index is 0.0927. The molecule has 5 heteroatoms. The number of aliphatic hydroxyl groups excluding tert-OH is 1. The van der Waals surface area contributed by atoms with Crippen LogP contribution in [0.15, 0.2) is 18.5 Å². The average molecular weight is 208 g/mol. The maximum atomic E-state index is 8.94. The topological polar surface area (TPSA) is 64.5 Å². The summed E-state index contributed by atoms with van der Waals surface area (Å²) in [6.45, 7) is 1.46. The summed E-state index contributed by atoms with van der Waals surface area (Å²) in [4.78, 5) is 8.27. The van der Waals surface area contributed by atoms with Gasteiger partial charge in [0.15, 0.2) is 5.82 Å². The van der Waals surface area contributed by atoms with Gasteiger partial charge < -0.3 is 14.6 Å². The Kier molecular flexibility index (Phi) is 3.26. The van der Waals surface area contributed by atoms with Crippen LogP contribution in [0.5, 0.6) is 0 Å². The van der Waals surface area contributed by atoms with Crippen molar-refractivity contribution in [3.8, 4) is 0 Å². The molecule has 1 N–H and O–H groups in total. The number of aliphatic hydroxyl groups is 1. The molecule has 0 radical (unpaired) electrons. The van der Waals surface area contributed by atoms with E-state index >= 15 is 0 Å². The van der Waals surface area contributed by atoms with Crippen LogP contribution in [0.1, 0.15) is 11.5 Å². The Morgan fingerprint density at radius 3 is 3.20 bits per heavy atom. The van der Waals surface area contributed by atoms with E-state index in [1.54, 1.807) is 18.5 Å². The summed E-state index contributed by atoms with van der Waals surface area (Å²) in [6, 6.07) is 1.67. The average Bonchev–Trinajstić information content (AvgIpc) is 2.58. The fourth-order valence-corrected chi connectivity index (χ4v) is 1.24. The quantitative estimate of drug-likeness (QED) is 0.760. The van der Waals surface area contributed by atoms with Crippen LogP contribution >= 0.6 is 0 Å². The lowest BCUT2D eigenvalue weighted by Gasteiger charge is -2.03. The van der Waals surface area contributed by atoms with Crippen LogP contribution in [0.3, 0.4) is 0 Å². The van der Waals surface area contributed by atoms with E-state index in [0.29, 0.717) is 31.3 Å². The van der Waals surface area contributed by atoms with Crippen LogP contribution in [0, 0.1) is 0 Å². The second kappa shape index (κ2) is 4.86. The van der Waals surface area contributed by atoms with E-state index < -0.39 is 0 Å². The molecule has 2 rings (SSSR count). The summed E-state index contributed by atoms with van der Waals surface area (Å²) in [5.74, 6) is 0.545. The van der Waals surface area contributed by atoms with Gasteiger partial charge in [-0.15, -0.1) is 0 Å². The molecule has 15 heavy (non-hydrogen) atoms. The Labute approximate surface area is 87.4 Å². The smallest absolute Gasteiger partial charge is 0.160 e. The fraction of sp³-hybridized carbons (Fsp3) is 0.400. The zero-order valence-corrected chi connectivity index (χ0v) is 8.22. The summed E-state index contributed by atoms with van der Waals surface area (Å²) < 4.78 is 10.5. The molecular weight excluding hydrogens is 196 g/mol. The molecule has 0 spiro atoms. The number of rotatable bonds is 2. The molecule has 0 aromatic carbocycles. The van der Waals surface area contributed by atoms with Gasteiger partial charge >= 0.3 is 0 Å². The van der Waals surface area contributed by atoms with Gasteiger partial charge in [-0.2, -0.15) is 0 Å². The summed E-state index contributed by atoms with van der Waals surface area (Å²) >= 11 is 0. The zero-order chi connectivity index (χ0) is 10.5. The SMILES string of the molecule is OCc1ccnc(C2=COCCOC2)n1. The maximum absolute atomic E-state index is 8.94. The molecule has 80 valence electrons. The Balaban J connectivity index is 2.23. The molecular formula is C10H12N2O3. The summed E-state index contributed by atoms with van der Waals surface area (Å²) in [5.41, 5.74) is 1.38. The van der Waals surface area contributed by atoms with Gasteiger partial charge in [0.2, 0.25) is 0 Å². The molecule has 0 amide bonds.